The van der Waals surface area contributed by atoms with Crippen LogP contribution >= 0.6 is 0 Å². The maximum Gasteiger partial charge on any atom is 0.406 e. The number of alkyl carbamates (subject to hydrolysis) is 1. The third-order valence-electron chi connectivity index (χ3n) is 4.39. The summed E-state index contributed by atoms with van der Waals surface area (Å²) in [5, 5.41) is 14.1. The Morgan fingerprint density at radius 2 is 1.20 bits per heavy atom. The van der Waals surface area contributed by atoms with E-state index in [1.807, 2.05) is 0 Å². The van der Waals surface area contributed by atoms with Gasteiger partial charge in [-0.25, -0.2) is 4.79 Å². The van der Waals surface area contributed by atoms with Gasteiger partial charge in [-0.3, -0.25) is 19.2 Å². The van der Waals surface area contributed by atoms with Gasteiger partial charge in [0.2, 0.25) is 5.91 Å². The van der Waals surface area contributed by atoms with Crippen molar-refractivity contribution in [2.75, 3.05) is 67.5 Å². The van der Waals surface area contributed by atoms with Crippen LogP contribution in [0.15, 0.2) is 0 Å². The summed E-state index contributed by atoms with van der Waals surface area (Å²) in [6.07, 6.45) is -0.583. The highest BCUT2D eigenvalue weighted by Crippen LogP contribution is 2.11. The highest BCUT2D eigenvalue weighted by molar-refractivity contribution is 5.77. The van der Waals surface area contributed by atoms with Crippen molar-refractivity contribution < 1.29 is 57.5 Å². The first-order valence-corrected chi connectivity index (χ1v) is 10.9. The molecule has 0 aromatic heterocycles. The van der Waals surface area contributed by atoms with Crippen molar-refractivity contribution in [1.82, 2.24) is 10.6 Å². The molecule has 0 aliphatic rings. The normalized spacial score (nSPS) is 10.8. The summed E-state index contributed by atoms with van der Waals surface area (Å²) in [5.41, 5.74) is -1.25. The van der Waals surface area contributed by atoms with E-state index in [-0.39, 0.29) is 71.9 Å². The molecule has 0 fully saturated rings. The van der Waals surface area contributed by atoms with E-state index >= 15 is 0 Å². The number of carboxylic acid groups (broad SMARTS) is 1. The maximum absolute atomic E-state index is 12.6. The van der Waals surface area contributed by atoms with Gasteiger partial charge >= 0.3 is 24.0 Å². The second kappa shape index (κ2) is 19.3. The Hall–Kier alpha value is -2.97. The summed E-state index contributed by atoms with van der Waals surface area (Å²) < 4.78 is 30.2. The zero-order valence-electron chi connectivity index (χ0n) is 20.4. The van der Waals surface area contributed by atoms with Gasteiger partial charge in [0.15, 0.2) is 0 Å². The number of carboxylic acids is 1. The molecule has 0 aliphatic heterocycles. The second-order valence-corrected chi connectivity index (χ2v) is 7.30. The van der Waals surface area contributed by atoms with E-state index in [2.05, 4.69) is 24.8 Å². The molecule has 0 aromatic rings. The van der Waals surface area contributed by atoms with Gasteiger partial charge in [-0.1, -0.05) is 0 Å². The number of carbonyl (C=O) groups is 5. The first kappa shape index (κ1) is 32.0. The summed E-state index contributed by atoms with van der Waals surface area (Å²) in [6.45, 7) is -0.380. The predicted molar refractivity (Wildman–Crippen MR) is 118 cm³/mol. The van der Waals surface area contributed by atoms with E-state index in [0.717, 1.165) is 0 Å². The molecule has 0 heterocycles. The third-order valence-corrected chi connectivity index (χ3v) is 4.39. The lowest BCUT2D eigenvalue weighted by atomic mass is 10.0. The SMILES string of the molecule is COC(=O)CCOCC(COCCC(=O)O)(COCCC(=O)OC)NC(=O)CCCNC(=O)OC. The molecule has 0 aliphatic carbocycles. The van der Waals surface area contributed by atoms with E-state index in [1.54, 1.807) is 0 Å². The average Bonchev–Trinajstić information content (AvgIpc) is 2.84. The van der Waals surface area contributed by atoms with Crippen LogP contribution in [0.1, 0.15) is 32.1 Å². The number of methoxy groups -OCH3 is 3. The van der Waals surface area contributed by atoms with Gasteiger partial charge in [0.1, 0.15) is 5.54 Å². The van der Waals surface area contributed by atoms with Gasteiger partial charge in [-0.2, -0.15) is 0 Å². The minimum absolute atomic E-state index is 0.00930. The van der Waals surface area contributed by atoms with E-state index in [4.69, 9.17) is 19.3 Å². The fourth-order valence-corrected chi connectivity index (χ4v) is 2.58. The summed E-state index contributed by atoms with van der Waals surface area (Å²) in [5.74, 6) is -2.43. The Bertz CT molecular complexity index is 647. The number of rotatable bonds is 20. The first-order chi connectivity index (χ1) is 16.7. The minimum atomic E-state index is -1.25. The topological polar surface area (TPSA) is 185 Å². The van der Waals surface area contributed by atoms with Crippen LogP contribution in [0.3, 0.4) is 0 Å². The van der Waals surface area contributed by atoms with Crippen molar-refractivity contribution in [2.45, 2.75) is 37.6 Å². The van der Waals surface area contributed by atoms with Gasteiger partial charge in [-0.15, -0.1) is 0 Å². The van der Waals surface area contributed by atoms with Crippen LogP contribution in [0.4, 0.5) is 4.79 Å². The molecule has 0 unspecified atom stereocenters. The van der Waals surface area contributed by atoms with Crippen LogP contribution in [0, 0.1) is 0 Å². The number of aliphatic carboxylic acids is 1. The highest BCUT2D eigenvalue weighted by Gasteiger charge is 2.34. The minimum Gasteiger partial charge on any atom is -0.481 e. The van der Waals surface area contributed by atoms with E-state index in [9.17, 15) is 24.0 Å². The lowest BCUT2D eigenvalue weighted by Crippen LogP contribution is -2.58. The van der Waals surface area contributed by atoms with E-state index < -0.39 is 35.4 Å². The van der Waals surface area contributed by atoms with Crippen LogP contribution in [0.2, 0.25) is 0 Å². The molecule has 0 atom stereocenters. The Balaban J connectivity index is 5.22. The second-order valence-electron chi connectivity index (χ2n) is 7.30. The molecule has 3 N–H and O–H groups in total. The number of carbonyl (C=O) groups excluding carboxylic acids is 4. The molecule has 0 radical (unpaired) electrons. The Morgan fingerprint density at radius 1 is 0.714 bits per heavy atom. The third kappa shape index (κ3) is 17.2. The molecule has 35 heavy (non-hydrogen) atoms. The van der Waals surface area contributed by atoms with Gasteiger partial charge in [-0.05, 0) is 6.42 Å². The first-order valence-electron chi connectivity index (χ1n) is 10.9. The van der Waals surface area contributed by atoms with Crippen molar-refractivity contribution in [3.63, 3.8) is 0 Å². The fraction of sp³-hybridized carbons (Fsp3) is 0.762. The van der Waals surface area contributed by atoms with Crippen molar-refractivity contribution in [3.05, 3.63) is 0 Å². The zero-order chi connectivity index (χ0) is 26.5. The molecule has 202 valence electrons. The predicted octanol–water partition coefficient (Wildman–Crippen LogP) is -0.372. The van der Waals surface area contributed by atoms with E-state index in [0.29, 0.717) is 6.42 Å². The highest BCUT2D eigenvalue weighted by atomic mass is 16.5. The van der Waals surface area contributed by atoms with Gasteiger partial charge in [0.05, 0.1) is 80.2 Å². The van der Waals surface area contributed by atoms with Crippen LogP contribution in [0.25, 0.3) is 0 Å². The molecular formula is C21H36N2O12. The molecular weight excluding hydrogens is 472 g/mol. The molecule has 14 nitrogen and oxygen atoms in total. The number of ether oxygens (including phenoxy) is 6. The molecule has 0 rings (SSSR count). The number of hydrogen-bond acceptors (Lipinski definition) is 11. The summed E-state index contributed by atoms with van der Waals surface area (Å²) >= 11 is 0. The van der Waals surface area contributed by atoms with E-state index in [1.165, 1.54) is 21.3 Å². The molecule has 0 spiro atoms. The molecule has 0 saturated carbocycles. The lowest BCUT2D eigenvalue weighted by molar-refractivity contribution is -0.143. The number of hydrogen-bond donors (Lipinski definition) is 3. The molecule has 0 bridgehead atoms. The summed E-state index contributed by atoms with van der Waals surface area (Å²) in [6, 6.07) is 0. The number of amides is 2. The van der Waals surface area contributed by atoms with Crippen molar-refractivity contribution in [3.8, 4) is 0 Å². The van der Waals surface area contributed by atoms with Crippen LogP contribution in [0.5, 0.6) is 0 Å². The standard InChI is InChI=1S/C21H36N2O12/c1-30-18(27)7-11-34-14-21(13-33-10-6-17(25)26,15-35-12-8-19(28)31-2)23-16(24)5-4-9-22-20(29)32-3/h4-15H2,1-3H3,(H,22,29)(H,23,24)(H,25,26). The lowest BCUT2D eigenvalue weighted by Gasteiger charge is -2.34. The monoisotopic (exact) mass is 508 g/mol. The van der Waals surface area contributed by atoms with Crippen LogP contribution < -0.4 is 10.6 Å². The van der Waals surface area contributed by atoms with Crippen molar-refractivity contribution >= 4 is 29.9 Å². The van der Waals surface area contributed by atoms with Gasteiger partial charge in [0.25, 0.3) is 0 Å². The molecule has 14 heteroatoms. The van der Waals surface area contributed by atoms with Crippen molar-refractivity contribution in [1.29, 1.82) is 0 Å². The fourth-order valence-electron chi connectivity index (χ4n) is 2.58. The molecule has 0 saturated heterocycles. The average molecular weight is 509 g/mol. The molecule has 0 aromatic carbocycles. The summed E-state index contributed by atoms with van der Waals surface area (Å²) in [7, 11) is 3.71. The maximum atomic E-state index is 12.6. The van der Waals surface area contributed by atoms with Gasteiger partial charge < -0.3 is 44.2 Å². The quantitative estimate of drug-likeness (QED) is 0.110. The zero-order valence-corrected chi connectivity index (χ0v) is 20.4. The van der Waals surface area contributed by atoms with Gasteiger partial charge in [0, 0.05) is 13.0 Å². The van der Waals surface area contributed by atoms with Crippen LogP contribution in [-0.2, 0) is 47.6 Å². The Morgan fingerprint density at radius 3 is 1.63 bits per heavy atom. The summed E-state index contributed by atoms with van der Waals surface area (Å²) in [4.78, 5) is 57.2. The van der Waals surface area contributed by atoms with Crippen molar-refractivity contribution in [2.24, 2.45) is 0 Å². The number of nitrogens with one attached hydrogen (secondary N) is 2. The number of esters is 2. The molecule has 2 amide bonds. The largest absolute Gasteiger partial charge is 0.481 e. The van der Waals surface area contributed by atoms with Crippen LogP contribution in [-0.4, -0.2) is 108 Å². The Kier molecular flexibility index (Phi) is 17.7. The smallest absolute Gasteiger partial charge is 0.406 e. The Labute approximate surface area is 203 Å².